The second-order valence-electron chi connectivity index (χ2n) is 9.40. The van der Waals surface area contributed by atoms with Gasteiger partial charge in [-0.2, -0.15) is 5.10 Å². The van der Waals surface area contributed by atoms with Crippen LogP contribution in [0, 0.1) is 0 Å². The van der Waals surface area contributed by atoms with Crippen molar-refractivity contribution < 1.29 is 9.59 Å². The Morgan fingerprint density at radius 3 is 2.35 bits per heavy atom. The van der Waals surface area contributed by atoms with Crippen LogP contribution in [0.25, 0.3) is 5.69 Å². The lowest BCUT2D eigenvalue weighted by atomic mass is 9.92. The second-order valence-corrected chi connectivity index (χ2v) is 9.84. The van der Waals surface area contributed by atoms with Crippen molar-refractivity contribution in [2.24, 2.45) is 0 Å². The normalized spacial score (nSPS) is 11.3. The van der Waals surface area contributed by atoms with E-state index in [0.29, 0.717) is 30.2 Å². The number of halogens is 1. The van der Waals surface area contributed by atoms with E-state index < -0.39 is 0 Å². The van der Waals surface area contributed by atoms with Crippen molar-refractivity contribution >= 4 is 29.2 Å². The fraction of sp³-hybridized carbons (Fsp3) is 0.370. The average Bonchev–Trinajstić information content (AvgIpc) is 3.22. The van der Waals surface area contributed by atoms with Crippen LogP contribution in [0.2, 0.25) is 5.02 Å². The highest BCUT2D eigenvalue weighted by molar-refractivity contribution is 6.30. The Morgan fingerprint density at radius 2 is 1.74 bits per heavy atom. The Bertz CT molecular complexity index is 1100. The van der Waals surface area contributed by atoms with Crippen molar-refractivity contribution in [3.8, 4) is 5.69 Å². The van der Waals surface area contributed by atoms with Gasteiger partial charge in [-0.15, -0.1) is 0 Å². The van der Waals surface area contributed by atoms with Crippen LogP contribution in [0.4, 0.5) is 5.82 Å². The minimum atomic E-state index is -0.253. The zero-order valence-electron chi connectivity index (χ0n) is 20.3. The lowest BCUT2D eigenvalue weighted by molar-refractivity contribution is -0.134. The maximum Gasteiger partial charge on any atom is 0.245 e. The summed E-state index contributed by atoms with van der Waals surface area (Å²) in [7, 11) is 0. The molecule has 3 rings (SSSR count). The van der Waals surface area contributed by atoms with Crippen LogP contribution >= 0.6 is 11.6 Å². The lowest BCUT2D eigenvalue weighted by Gasteiger charge is -2.22. The first-order valence-corrected chi connectivity index (χ1v) is 12.0. The monoisotopic (exact) mass is 480 g/mol. The fourth-order valence-electron chi connectivity index (χ4n) is 3.59. The van der Waals surface area contributed by atoms with Crippen LogP contribution in [-0.2, 0) is 21.4 Å². The number of carbonyl (C=O) groups excluding carboxylic acids is 2. The molecule has 1 heterocycles. The zero-order chi connectivity index (χ0) is 24.7. The second kappa shape index (κ2) is 11.3. The summed E-state index contributed by atoms with van der Waals surface area (Å²) in [6.45, 7) is 8.74. The van der Waals surface area contributed by atoms with Crippen molar-refractivity contribution in [1.29, 1.82) is 0 Å². The predicted octanol–water partition coefficient (Wildman–Crippen LogP) is 5.63. The van der Waals surface area contributed by atoms with Crippen LogP contribution in [0.3, 0.4) is 0 Å². The Hall–Kier alpha value is -3.12. The van der Waals surface area contributed by atoms with E-state index in [1.807, 2.05) is 55.5 Å². The molecule has 2 aromatic carbocycles. The fourth-order valence-corrected chi connectivity index (χ4v) is 3.71. The summed E-state index contributed by atoms with van der Waals surface area (Å²) < 4.78 is 1.70. The van der Waals surface area contributed by atoms with Crippen molar-refractivity contribution in [3.05, 3.63) is 76.9 Å². The molecule has 0 aliphatic carbocycles. The molecule has 3 aromatic rings. The molecule has 0 unspecified atom stereocenters. The first kappa shape index (κ1) is 25.5. The van der Waals surface area contributed by atoms with Crippen molar-refractivity contribution in [2.45, 2.75) is 52.4 Å². The van der Waals surface area contributed by atoms with Gasteiger partial charge in [-0.05, 0) is 42.7 Å². The Kier molecular flexibility index (Phi) is 8.51. The van der Waals surface area contributed by atoms with Gasteiger partial charge in [-0.3, -0.25) is 9.59 Å². The molecule has 7 heteroatoms. The average molecular weight is 481 g/mol. The molecule has 34 heavy (non-hydrogen) atoms. The predicted molar refractivity (Wildman–Crippen MR) is 138 cm³/mol. The van der Waals surface area contributed by atoms with E-state index in [1.54, 1.807) is 21.7 Å². The van der Waals surface area contributed by atoms with Crippen LogP contribution < -0.4 is 5.32 Å². The van der Waals surface area contributed by atoms with E-state index in [9.17, 15) is 9.59 Å². The van der Waals surface area contributed by atoms with E-state index in [1.165, 1.54) is 0 Å². The van der Waals surface area contributed by atoms with Gasteiger partial charge in [0.15, 0.2) is 0 Å². The first-order valence-electron chi connectivity index (χ1n) is 11.7. The molecule has 1 aromatic heterocycles. The molecular formula is C27H33ClN4O2. The highest BCUT2D eigenvalue weighted by Gasteiger charge is 2.23. The maximum absolute atomic E-state index is 13.0. The zero-order valence-corrected chi connectivity index (χ0v) is 21.1. The summed E-state index contributed by atoms with van der Waals surface area (Å²) in [4.78, 5) is 27.5. The van der Waals surface area contributed by atoms with Gasteiger partial charge in [-0.1, -0.05) is 69.6 Å². The molecule has 0 aliphatic rings. The summed E-state index contributed by atoms with van der Waals surface area (Å²) in [5, 5.41) is 8.32. The SMILES string of the molecule is CCCN(CC(=O)Nc1cc(C(C)(C)C)nn1-c1ccc(Cl)cc1)C(=O)CCc1ccccc1. The smallest absolute Gasteiger partial charge is 0.245 e. The number of aromatic nitrogens is 2. The van der Waals surface area contributed by atoms with E-state index in [2.05, 4.69) is 26.1 Å². The van der Waals surface area contributed by atoms with Crippen molar-refractivity contribution in [2.75, 3.05) is 18.4 Å². The van der Waals surface area contributed by atoms with Gasteiger partial charge in [0.2, 0.25) is 11.8 Å². The molecule has 0 aliphatic heterocycles. The molecule has 0 saturated heterocycles. The van der Waals surface area contributed by atoms with Gasteiger partial charge >= 0.3 is 0 Å². The number of nitrogens with one attached hydrogen (secondary N) is 1. The largest absolute Gasteiger partial charge is 0.333 e. The van der Waals surface area contributed by atoms with Gasteiger partial charge < -0.3 is 10.2 Å². The van der Waals surface area contributed by atoms with E-state index in [0.717, 1.165) is 23.4 Å². The molecule has 0 saturated carbocycles. The third kappa shape index (κ3) is 6.94. The highest BCUT2D eigenvalue weighted by atomic mass is 35.5. The van der Waals surface area contributed by atoms with Gasteiger partial charge in [0.1, 0.15) is 5.82 Å². The number of hydrogen-bond donors (Lipinski definition) is 1. The van der Waals surface area contributed by atoms with Gasteiger partial charge in [-0.25, -0.2) is 4.68 Å². The molecular weight excluding hydrogens is 448 g/mol. The Balaban J connectivity index is 1.74. The third-order valence-corrected chi connectivity index (χ3v) is 5.72. The summed E-state index contributed by atoms with van der Waals surface area (Å²) in [5.41, 5.74) is 2.55. The minimum Gasteiger partial charge on any atom is -0.333 e. The van der Waals surface area contributed by atoms with Gasteiger partial charge in [0.05, 0.1) is 17.9 Å². The van der Waals surface area contributed by atoms with E-state index in [4.69, 9.17) is 16.7 Å². The Morgan fingerprint density at radius 1 is 1.06 bits per heavy atom. The van der Waals surface area contributed by atoms with Crippen molar-refractivity contribution in [1.82, 2.24) is 14.7 Å². The lowest BCUT2D eigenvalue weighted by Crippen LogP contribution is -2.38. The van der Waals surface area contributed by atoms with Crippen LogP contribution in [0.5, 0.6) is 0 Å². The number of aryl methyl sites for hydroxylation is 1. The molecule has 0 bridgehead atoms. The standard InChI is InChI=1S/C27H33ClN4O2/c1-5-17-31(26(34)16-11-20-9-7-6-8-10-20)19-25(33)29-24-18-23(27(2,3)4)30-32(24)22-14-12-21(28)13-15-22/h6-10,12-15,18H,5,11,16-17,19H2,1-4H3,(H,29,33). The number of rotatable bonds is 9. The molecule has 2 amide bonds. The minimum absolute atomic E-state index is 0.00187. The molecule has 0 radical (unpaired) electrons. The van der Waals surface area contributed by atoms with Gasteiger partial charge in [0, 0.05) is 29.5 Å². The van der Waals surface area contributed by atoms with Crippen LogP contribution in [-0.4, -0.2) is 39.6 Å². The number of nitrogens with zero attached hydrogens (tertiary/aromatic N) is 3. The molecule has 6 nitrogen and oxygen atoms in total. The molecule has 0 spiro atoms. The molecule has 1 N–H and O–H groups in total. The number of amides is 2. The first-order chi connectivity index (χ1) is 16.2. The molecule has 0 fully saturated rings. The molecule has 180 valence electrons. The molecule has 0 atom stereocenters. The van der Waals surface area contributed by atoms with Crippen LogP contribution in [0.1, 0.15) is 51.8 Å². The maximum atomic E-state index is 13.0. The highest BCUT2D eigenvalue weighted by Crippen LogP contribution is 2.27. The topological polar surface area (TPSA) is 67.2 Å². The van der Waals surface area contributed by atoms with E-state index in [-0.39, 0.29) is 23.8 Å². The van der Waals surface area contributed by atoms with Gasteiger partial charge in [0.25, 0.3) is 0 Å². The van der Waals surface area contributed by atoms with Crippen LogP contribution in [0.15, 0.2) is 60.7 Å². The summed E-state index contributed by atoms with van der Waals surface area (Å²) in [6, 6.07) is 19.1. The quantitative estimate of drug-likeness (QED) is 0.431. The Labute approximate surface area is 206 Å². The number of carbonyl (C=O) groups is 2. The van der Waals surface area contributed by atoms with E-state index >= 15 is 0 Å². The number of benzene rings is 2. The summed E-state index contributed by atoms with van der Waals surface area (Å²) in [6.07, 6.45) is 1.80. The summed E-state index contributed by atoms with van der Waals surface area (Å²) >= 11 is 6.05. The van der Waals surface area contributed by atoms with Crippen molar-refractivity contribution in [3.63, 3.8) is 0 Å². The summed E-state index contributed by atoms with van der Waals surface area (Å²) in [5.74, 6) is 0.282. The number of hydrogen-bond acceptors (Lipinski definition) is 3. The number of anilines is 1. The third-order valence-electron chi connectivity index (χ3n) is 5.47.